The van der Waals surface area contributed by atoms with Crippen molar-refractivity contribution in [2.45, 2.75) is 129 Å². The third-order valence-electron chi connectivity index (χ3n) is 14.5. The van der Waals surface area contributed by atoms with E-state index in [1.807, 2.05) is 0 Å². The van der Waals surface area contributed by atoms with Crippen molar-refractivity contribution in [3.63, 3.8) is 0 Å². The molecule has 12 unspecified atom stereocenters. The minimum atomic E-state index is -0.499. The first-order valence-corrected chi connectivity index (χ1v) is 15.1. The predicted octanol–water partition coefficient (Wildman–Crippen LogP) is 6.20. The van der Waals surface area contributed by atoms with E-state index in [9.17, 15) is 4.79 Å². The molecule has 3 heterocycles. The van der Waals surface area contributed by atoms with Crippen LogP contribution in [0.5, 0.6) is 0 Å². The smallest absolute Gasteiger partial charge is 0.313 e. The van der Waals surface area contributed by atoms with Crippen LogP contribution in [-0.4, -0.2) is 42.3 Å². The van der Waals surface area contributed by atoms with Gasteiger partial charge in [0.15, 0.2) is 11.4 Å². The monoisotopic (exact) mass is 510 g/mol. The predicted molar refractivity (Wildman–Crippen MR) is 138 cm³/mol. The lowest BCUT2D eigenvalue weighted by molar-refractivity contribution is -0.355. The SMILES string of the molecule is C=C1CCC23CCC4(C)C5(C)CCC6C7(C)COC(C)(C)OC7CCC6(C)C5C5OC5C4(OC2=O)C3C1. The highest BCUT2D eigenvalue weighted by atomic mass is 16.7. The summed E-state index contributed by atoms with van der Waals surface area (Å²) < 4.78 is 26.5. The van der Waals surface area contributed by atoms with E-state index >= 15 is 0 Å². The zero-order valence-electron chi connectivity index (χ0n) is 23.8. The first kappa shape index (κ1) is 23.9. The Balaban J connectivity index is 1.23. The van der Waals surface area contributed by atoms with Gasteiger partial charge in [-0.2, -0.15) is 0 Å². The summed E-state index contributed by atoms with van der Waals surface area (Å²) in [4.78, 5) is 13.7. The summed E-state index contributed by atoms with van der Waals surface area (Å²) >= 11 is 0. The van der Waals surface area contributed by atoms with Crippen molar-refractivity contribution in [1.29, 1.82) is 0 Å². The maximum Gasteiger partial charge on any atom is 0.313 e. The highest BCUT2D eigenvalue weighted by Crippen LogP contribution is 2.83. The number of hydrogen-bond acceptors (Lipinski definition) is 5. The van der Waals surface area contributed by atoms with E-state index in [2.05, 4.69) is 48.1 Å². The minimum absolute atomic E-state index is 0.0208. The van der Waals surface area contributed by atoms with E-state index in [1.54, 1.807) is 0 Å². The quantitative estimate of drug-likeness (QED) is 0.221. The Bertz CT molecular complexity index is 1110. The highest BCUT2D eigenvalue weighted by molar-refractivity contribution is 5.82. The second-order valence-corrected chi connectivity index (χ2v) is 16.0. The first-order valence-electron chi connectivity index (χ1n) is 15.1. The summed E-state index contributed by atoms with van der Waals surface area (Å²) in [7, 11) is 0. The van der Waals surface area contributed by atoms with Gasteiger partial charge in [-0.15, -0.1) is 0 Å². The summed E-state index contributed by atoms with van der Waals surface area (Å²) in [5.41, 5.74) is 0.646. The molecule has 3 saturated heterocycles. The van der Waals surface area contributed by atoms with Crippen LogP contribution in [0, 0.1) is 44.8 Å². The summed E-state index contributed by atoms with van der Waals surface area (Å²) in [5, 5.41) is 0. The molecule has 0 N–H and O–H groups in total. The average molecular weight is 511 g/mol. The van der Waals surface area contributed by atoms with Crippen LogP contribution in [0.3, 0.4) is 0 Å². The molecule has 8 aliphatic rings. The van der Waals surface area contributed by atoms with Crippen LogP contribution in [-0.2, 0) is 23.7 Å². The average Bonchev–Trinajstić information content (AvgIpc) is 3.58. The van der Waals surface area contributed by atoms with Gasteiger partial charge in [-0.1, -0.05) is 39.8 Å². The number of carbonyl (C=O) groups is 1. The molecule has 37 heavy (non-hydrogen) atoms. The van der Waals surface area contributed by atoms with Crippen molar-refractivity contribution in [2.75, 3.05) is 6.61 Å². The molecular weight excluding hydrogens is 464 g/mol. The number of esters is 1. The number of rotatable bonds is 0. The summed E-state index contributed by atoms with van der Waals surface area (Å²) in [6, 6.07) is 0. The molecule has 0 aromatic rings. The van der Waals surface area contributed by atoms with Crippen LogP contribution in [0.25, 0.3) is 0 Å². The second-order valence-electron chi connectivity index (χ2n) is 16.0. The summed E-state index contributed by atoms with van der Waals surface area (Å²) in [6.45, 7) is 19.4. The first-order chi connectivity index (χ1) is 17.3. The van der Waals surface area contributed by atoms with Crippen molar-refractivity contribution in [3.05, 3.63) is 12.2 Å². The van der Waals surface area contributed by atoms with Crippen molar-refractivity contribution in [2.24, 2.45) is 44.8 Å². The van der Waals surface area contributed by atoms with Crippen molar-refractivity contribution < 1.29 is 23.7 Å². The van der Waals surface area contributed by atoms with Gasteiger partial charge in [-0.25, -0.2) is 0 Å². The van der Waals surface area contributed by atoms with Gasteiger partial charge < -0.3 is 18.9 Å². The van der Waals surface area contributed by atoms with E-state index in [0.717, 1.165) is 51.6 Å². The van der Waals surface area contributed by atoms with Gasteiger partial charge in [0, 0.05) is 16.7 Å². The van der Waals surface area contributed by atoms with Gasteiger partial charge in [0.2, 0.25) is 0 Å². The van der Waals surface area contributed by atoms with E-state index in [0.29, 0.717) is 11.8 Å². The van der Waals surface area contributed by atoms with Gasteiger partial charge >= 0.3 is 5.97 Å². The molecular formula is C32H46O5. The van der Waals surface area contributed by atoms with Crippen molar-refractivity contribution >= 4 is 5.97 Å². The largest absolute Gasteiger partial charge is 0.455 e. The molecule has 1 spiro atoms. The van der Waals surface area contributed by atoms with Crippen molar-refractivity contribution in [3.8, 4) is 0 Å². The molecule has 5 nitrogen and oxygen atoms in total. The van der Waals surface area contributed by atoms with Gasteiger partial charge in [-0.05, 0) is 94.3 Å². The van der Waals surface area contributed by atoms with E-state index in [-0.39, 0.29) is 57.3 Å². The second kappa shape index (κ2) is 6.52. The molecule has 5 heteroatoms. The lowest BCUT2D eigenvalue weighted by Crippen LogP contribution is -2.75. The van der Waals surface area contributed by atoms with Gasteiger partial charge in [0.05, 0.1) is 24.2 Å². The maximum atomic E-state index is 13.7. The van der Waals surface area contributed by atoms with Crippen LogP contribution in [0.1, 0.15) is 99.3 Å². The van der Waals surface area contributed by atoms with Crippen LogP contribution in [0.4, 0.5) is 0 Å². The van der Waals surface area contributed by atoms with Crippen LogP contribution in [0.15, 0.2) is 12.2 Å². The molecule has 3 aliphatic heterocycles. The maximum absolute atomic E-state index is 13.7. The summed E-state index contributed by atoms with van der Waals surface area (Å²) in [5.74, 6) is 0.810. The molecule has 5 aliphatic carbocycles. The lowest BCUT2D eigenvalue weighted by atomic mass is 9.31. The third kappa shape index (κ3) is 2.38. The zero-order chi connectivity index (χ0) is 26.0. The number of fused-ring (bicyclic) bond motifs is 8. The number of epoxide rings is 1. The topological polar surface area (TPSA) is 57.3 Å². The molecule has 5 saturated carbocycles. The molecule has 0 aromatic heterocycles. The minimum Gasteiger partial charge on any atom is -0.455 e. The highest BCUT2D eigenvalue weighted by Gasteiger charge is 2.89. The molecule has 2 bridgehead atoms. The lowest BCUT2D eigenvalue weighted by Gasteiger charge is -2.73. The molecule has 204 valence electrons. The van der Waals surface area contributed by atoms with E-state index < -0.39 is 11.4 Å². The molecule has 8 rings (SSSR count). The van der Waals surface area contributed by atoms with Gasteiger partial charge in [0.25, 0.3) is 0 Å². The Morgan fingerprint density at radius 2 is 1.68 bits per heavy atom. The fourth-order valence-electron chi connectivity index (χ4n) is 12.6. The van der Waals surface area contributed by atoms with Crippen LogP contribution < -0.4 is 0 Å². The number of ether oxygens (including phenoxy) is 4. The Morgan fingerprint density at radius 1 is 0.892 bits per heavy atom. The fraction of sp³-hybridized carbons (Fsp3) is 0.906. The van der Waals surface area contributed by atoms with E-state index in [1.165, 1.54) is 18.4 Å². The zero-order valence-corrected chi connectivity index (χ0v) is 23.8. The van der Waals surface area contributed by atoms with Gasteiger partial charge in [-0.3, -0.25) is 4.79 Å². The number of allylic oxidation sites excluding steroid dienone is 1. The Labute approximate surface area is 222 Å². The molecule has 0 radical (unpaired) electrons. The molecule has 8 fully saturated rings. The normalized spacial score (nSPS) is 62.6. The van der Waals surface area contributed by atoms with Gasteiger partial charge in [0.1, 0.15) is 6.10 Å². The number of hydrogen-bond donors (Lipinski definition) is 0. The molecule has 0 amide bonds. The Morgan fingerprint density at radius 3 is 2.46 bits per heavy atom. The molecule has 0 aromatic carbocycles. The Hall–Kier alpha value is -0.910. The van der Waals surface area contributed by atoms with Crippen LogP contribution in [0.2, 0.25) is 0 Å². The fourth-order valence-corrected chi connectivity index (χ4v) is 12.6. The Kier molecular flexibility index (Phi) is 4.22. The molecule has 12 atom stereocenters. The van der Waals surface area contributed by atoms with Crippen molar-refractivity contribution in [1.82, 2.24) is 0 Å². The standard InChI is InChI=1S/C32H46O5/c1-18-8-13-31-15-14-30(7)29(6)12-9-19-27(4,11-10-21-28(19,5)17-34-26(2,3)36-21)23(29)22-24(35-22)32(30,20(31)16-18)37-25(31)33/h19-24H,1,8-17H2,2-7H3. The summed E-state index contributed by atoms with van der Waals surface area (Å²) in [6.07, 6.45) is 9.93. The van der Waals surface area contributed by atoms with E-state index in [4.69, 9.17) is 18.9 Å². The third-order valence-corrected chi connectivity index (χ3v) is 14.5. The number of carbonyl (C=O) groups excluding carboxylic acids is 1. The van der Waals surface area contributed by atoms with Crippen LogP contribution >= 0.6 is 0 Å².